The number of para-hydroxylation sites is 1. The first kappa shape index (κ1) is 15.1. The quantitative estimate of drug-likeness (QED) is 0.661. The summed E-state index contributed by atoms with van der Waals surface area (Å²) in [5.74, 6) is -1.11. The molecule has 10 heteroatoms. The molecule has 0 spiro atoms. The number of rotatable bonds is 4. The maximum Gasteiger partial charge on any atom is 0.362 e. The Labute approximate surface area is 128 Å². The lowest BCUT2D eigenvalue weighted by atomic mass is 10.3. The summed E-state index contributed by atoms with van der Waals surface area (Å²) in [5, 5.41) is 19.6. The number of nitrogens with one attached hydrogen (secondary N) is 2. The summed E-state index contributed by atoms with van der Waals surface area (Å²) in [6, 6.07) is 4.64. The van der Waals surface area contributed by atoms with Crippen molar-refractivity contribution >= 4 is 40.5 Å². The van der Waals surface area contributed by atoms with Gasteiger partial charge in [0.25, 0.3) is 5.91 Å². The van der Waals surface area contributed by atoms with Crippen LogP contribution in [0.4, 0.5) is 11.4 Å². The van der Waals surface area contributed by atoms with Crippen molar-refractivity contribution in [1.29, 1.82) is 0 Å². The Hall–Kier alpha value is -2.32. The second-order valence-electron chi connectivity index (χ2n) is 3.76. The van der Waals surface area contributed by atoms with Crippen LogP contribution in [0.3, 0.4) is 0 Å². The van der Waals surface area contributed by atoms with E-state index in [0.717, 1.165) is 0 Å². The zero-order valence-corrected chi connectivity index (χ0v) is 12.0. The summed E-state index contributed by atoms with van der Waals surface area (Å²) >= 11 is 11.8. The molecule has 0 aliphatic heterocycles. The number of carbonyl (C=O) groups is 1. The van der Waals surface area contributed by atoms with Gasteiger partial charge in [-0.25, -0.2) is 0 Å². The predicted octanol–water partition coefficient (Wildman–Crippen LogP) is 2.89. The van der Waals surface area contributed by atoms with Crippen LogP contribution < -0.4 is 10.1 Å². The van der Waals surface area contributed by atoms with Gasteiger partial charge in [0.2, 0.25) is 5.69 Å². The minimum absolute atomic E-state index is 0.147. The van der Waals surface area contributed by atoms with Crippen LogP contribution in [0.15, 0.2) is 18.2 Å². The first-order chi connectivity index (χ1) is 9.95. The van der Waals surface area contributed by atoms with Crippen LogP contribution >= 0.6 is 23.2 Å². The van der Waals surface area contributed by atoms with Gasteiger partial charge in [-0.3, -0.25) is 20.0 Å². The molecule has 0 bridgehead atoms. The zero-order valence-electron chi connectivity index (χ0n) is 10.5. The normalized spacial score (nSPS) is 10.2. The van der Waals surface area contributed by atoms with Crippen molar-refractivity contribution in [2.45, 2.75) is 0 Å². The first-order valence-corrected chi connectivity index (χ1v) is 6.23. The van der Waals surface area contributed by atoms with Crippen molar-refractivity contribution < 1.29 is 14.5 Å². The molecule has 0 saturated heterocycles. The molecule has 2 aromatic rings. The van der Waals surface area contributed by atoms with Gasteiger partial charge in [-0.05, 0) is 12.1 Å². The molecule has 0 aliphatic rings. The Morgan fingerprint density at radius 2 is 2.05 bits per heavy atom. The average Bonchev–Trinajstić information content (AvgIpc) is 2.87. The highest BCUT2D eigenvalue weighted by Gasteiger charge is 2.30. The third-order valence-corrected chi connectivity index (χ3v) is 3.14. The number of aromatic amines is 1. The number of ether oxygens (including phenoxy) is 1. The zero-order chi connectivity index (χ0) is 15.6. The molecule has 2 rings (SSSR count). The first-order valence-electron chi connectivity index (χ1n) is 5.47. The molecule has 8 nitrogen and oxygen atoms in total. The number of nitro groups is 1. The SMILES string of the molecule is COc1n[nH]c(C(=O)Nc2c(Cl)cccc2Cl)c1[N+](=O)[O-]. The Morgan fingerprint density at radius 1 is 1.43 bits per heavy atom. The number of hydrogen-bond acceptors (Lipinski definition) is 5. The van der Waals surface area contributed by atoms with Crippen molar-refractivity contribution in [3.05, 3.63) is 44.1 Å². The summed E-state index contributed by atoms with van der Waals surface area (Å²) in [5.41, 5.74) is -0.792. The fraction of sp³-hybridized carbons (Fsp3) is 0.0909. The van der Waals surface area contributed by atoms with E-state index in [2.05, 4.69) is 15.5 Å². The number of anilines is 1. The fourth-order valence-corrected chi connectivity index (χ4v) is 2.07. The van der Waals surface area contributed by atoms with Gasteiger partial charge in [-0.2, -0.15) is 0 Å². The van der Waals surface area contributed by atoms with Crippen LogP contribution in [-0.4, -0.2) is 28.1 Å². The van der Waals surface area contributed by atoms with Gasteiger partial charge in [0, 0.05) is 0 Å². The Balaban J connectivity index is 2.38. The molecule has 0 atom stereocenters. The number of hydrogen-bond donors (Lipinski definition) is 2. The average molecular weight is 331 g/mol. The van der Waals surface area contributed by atoms with E-state index in [9.17, 15) is 14.9 Å². The van der Waals surface area contributed by atoms with Gasteiger partial charge in [-0.15, -0.1) is 5.10 Å². The van der Waals surface area contributed by atoms with E-state index < -0.39 is 16.5 Å². The molecule has 1 aromatic carbocycles. The summed E-state index contributed by atoms with van der Waals surface area (Å²) in [4.78, 5) is 22.3. The van der Waals surface area contributed by atoms with Gasteiger partial charge in [0.15, 0.2) is 0 Å². The van der Waals surface area contributed by atoms with E-state index in [0.29, 0.717) is 0 Å². The van der Waals surface area contributed by atoms with Crippen molar-refractivity contribution in [3.8, 4) is 5.88 Å². The van der Waals surface area contributed by atoms with E-state index in [1.807, 2.05) is 0 Å². The van der Waals surface area contributed by atoms with E-state index in [-0.39, 0.29) is 27.3 Å². The molecule has 0 radical (unpaired) electrons. The topological polar surface area (TPSA) is 110 Å². The van der Waals surface area contributed by atoms with Crippen molar-refractivity contribution in [2.24, 2.45) is 0 Å². The molecule has 1 aromatic heterocycles. The van der Waals surface area contributed by atoms with Crippen molar-refractivity contribution in [3.63, 3.8) is 0 Å². The Bertz CT molecular complexity index is 696. The Kier molecular flexibility index (Phi) is 4.29. The minimum atomic E-state index is -0.813. The molecular formula is C11H8Cl2N4O4. The number of amides is 1. The van der Waals surface area contributed by atoms with Crippen LogP contribution in [0, 0.1) is 10.1 Å². The molecule has 1 heterocycles. The van der Waals surface area contributed by atoms with Crippen LogP contribution in [0.5, 0.6) is 5.88 Å². The smallest absolute Gasteiger partial charge is 0.362 e. The number of carbonyl (C=O) groups excluding carboxylic acids is 1. The molecule has 21 heavy (non-hydrogen) atoms. The molecule has 0 unspecified atom stereocenters. The van der Waals surface area contributed by atoms with Crippen LogP contribution in [0.1, 0.15) is 10.5 Å². The van der Waals surface area contributed by atoms with E-state index >= 15 is 0 Å². The highest BCUT2D eigenvalue weighted by Crippen LogP contribution is 2.32. The maximum absolute atomic E-state index is 12.1. The van der Waals surface area contributed by atoms with Gasteiger partial charge < -0.3 is 10.1 Å². The van der Waals surface area contributed by atoms with Gasteiger partial charge in [0.05, 0.1) is 27.8 Å². The molecule has 110 valence electrons. The molecule has 0 aliphatic carbocycles. The lowest BCUT2D eigenvalue weighted by Crippen LogP contribution is -2.14. The molecule has 1 amide bonds. The van der Waals surface area contributed by atoms with Crippen molar-refractivity contribution in [2.75, 3.05) is 12.4 Å². The van der Waals surface area contributed by atoms with E-state index in [4.69, 9.17) is 27.9 Å². The number of aromatic nitrogens is 2. The van der Waals surface area contributed by atoms with Crippen LogP contribution in [0.2, 0.25) is 10.0 Å². The van der Waals surface area contributed by atoms with Crippen LogP contribution in [-0.2, 0) is 0 Å². The van der Waals surface area contributed by atoms with Crippen LogP contribution in [0.25, 0.3) is 0 Å². The minimum Gasteiger partial charge on any atom is -0.475 e. The largest absolute Gasteiger partial charge is 0.475 e. The van der Waals surface area contributed by atoms with E-state index in [1.54, 1.807) is 6.07 Å². The Morgan fingerprint density at radius 3 is 2.57 bits per heavy atom. The summed E-state index contributed by atoms with van der Waals surface area (Å²) in [6.45, 7) is 0. The van der Waals surface area contributed by atoms with Gasteiger partial charge in [0.1, 0.15) is 0 Å². The number of halogens is 2. The fourth-order valence-electron chi connectivity index (χ4n) is 1.58. The molecule has 0 fully saturated rings. The third-order valence-electron chi connectivity index (χ3n) is 2.51. The highest BCUT2D eigenvalue weighted by molar-refractivity contribution is 6.40. The lowest BCUT2D eigenvalue weighted by Gasteiger charge is -2.07. The monoisotopic (exact) mass is 330 g/mol. The third kappa shape index (κ3) is 2.91. The maximum atomic E-state index is 12.1. The number of benzene rings is 1. The van der Waals surface area contributed by atoms with Crippen molar-refractivity contribution in [1.82, 2.24) is 10.2 Å². The number of nitrogens with zero attached hydrogens (tertiary/aromatic N) is 2. The number of methoxy groups -OCH3 is 1. The predicted molar refractivity (Wildman–Crippen MR) is 76.2 cm³/mol. The highest BCUT2D eigenvalue weighted by atomic mass is 35.5. The van der Waals surface area contributed by atoms with Gasteiger partial charge >= 0.3 is 11.6 Å². The molecule has 0 saturated carbocycles. The lowest BCUT2D eigenvalue weighted by molar-refractivity contribution is -0.386. The second-order valence-corrected chi connectivity index (χ2v) is 4.58. The molecular weight excluding hydrogens is 323 g/mol. The standard InChI is InChI=1S/C11H8Cl2N4O4/c1-21-11-9(17(19)20)8(15-16-11)10(18)14-7-5(12)3-2-4-6(7)13/h2-4H,1H3,(H,14,18)(H,15,16). The summed E-state index contributed by atoms with van der Waals surface area (Å²) in [6.07, 6.45) is 0. The van der Waals surface area contributed by atoms with E-state index in [1.165, 1.54) is 19.2 Å². The molecule has 2 N–H and O–H groups in total. The second kappa shape index (κ2) is 5.98. The number of H-pyrrole nitrogens is 1. The van der Waals surface area contributed by atoms with Gasteiger partial charge in [-0.1, -0.05) is 29.3 Å². The summed E-state index contributed by atoms with van der Waals surface area (Å²) in [7, 11) is 1.20. The summed E-state index contributed by atoms with van der Waals surface area (Å²) < 4.78 is 4.72.